The molecule has 2 heterocycles. The summed E-state index contributed by atoms with van der Waals surface area (Å²) in [6.07, 6.45) is -14.4. The number of hydrogen-bond donors (Lipinski definition) is 10. The lowest BCUT2D eigenvalue weighted by molar-refractivity contribution is -0.375. The zero-order valence-electron chi connectivity index (χ0n) is 34.3. The fourth-order valence-electron chi connectivity index (χ4n) is 13.0. The third-order valence-electron chi connectivity index (χ3n) is 16.6. The van der Waals surface area contributed by atoms with Gasteiger partial charge in [-0.1, -0.05) is 27.7 Å². The van der Waals surface area contributed by atoms with E-state index in [0.29, 0.717) is 44.9 Å². The van der Waals surface area contributed by atoms with Crippen LogP contribution in [0.2, 0.25) is 0 Å². The molecule has 2 saturated heterocycles. The maximum Gasteiger partial charge on any atom is 0.335 e. The van der Waals surface area contributed by atoms with Crippen molar-refractivity contribution in [1.82, 2.24) is 0 Å². The van der Waals surface area contributed by atoms with Crippen LogP contribution in [0.3, 0.4) is 0 Å². The van der Waals surface area contributed by atoms with E-state index in [-0.39, 0.29) is 42.5 Å². The Morgan fingerprint density at radius 3 is 2.12 bits per heavy atom. The Morgan fingerprint density at radius 1 is 0.797 bits per heavy atom. The summed E-state index contributed by atoms with van der Waals surface area (Å²) >= 11 is 0. The number of rotatable bonds is 8. The molecular weight excluding hydrogens is 776 g/mol. The molecule has 19 atom stereocenters. The Hall–Kier alpha value is -2.39. The first kappa shape index (κ1) is 44.7. The molecule has 0 amide bonds. The number of aliphatic hydroxyl groups excluding tert-OH is 8. The zero-order valence-corrected chi connectivity index (χ0v) is 34.3. The van der Waals surface area contributed by atoms with E-state index >= 15 is 0 Å². The van der Waals surface area contributed by atoms with Crippen LogP contribution in [0.4, 0.5) is 0 Å². The van der Waals surface area contributed by atoms with Crippen molar-refractivity contribution in [1.29, 1.82) is 0 Å². The highest BCUT2D eigenvalue weighted by molar-refractivity contribution is 5.96. The molecule has 17 heteroatoms. The molecule has 0 aromatic carbocycles. The number of ether oxygens (including phenoxy) is 4. The van der Waals surface area contributed by atoms with Crippen LogP contribution in [0.15, 0.2) is 22.8 Å². The molecule has 17 nitrogen and oxygen atoms in total. The summed E-state index contributed by atoms with van der Waals surface area (Å²) in [5, 5.41) is 107. The van der Waals surface area contributed by atoms with Crippen molar-refractivity contribution < 1.29 is 84.4 Å². The highest BCUT2D eigenvalue weighted by Crippen LogP contribution is 2.74. The van der Waals surface area contributed by atoms with E-state index < -0.39 is 114 Å². The molecule has 7 aliphatic rings. The largest absolute Gasteiger partial charge is 0.481 e. The lowest BCUT2D eigenvalue weighted by Crippen LogP contribution is -2.68. The van der Waals surface area contributed by atoms with Crippen molar-refractivity contribution in [3.05, 3.63) is 22.8 Å². The second-order valence-corrected chi connectivity index (χ2v) is 19.8. The third kappa shape index (κ3) is 6.77. The Balaban J connectivity index is 1.19. The third-order valence-corrected chi connectivity index (χ3v) is 16.6. The molecule has 10 N–H and O–H groups in total. The fourth-order valence-corrected chi connectivity index (χ4v) is 13.0. The number of hydrogen-bond acceptors (Lipinski definition) is 15. The van der Waals surface area contributed by atoms with Gasteiger partial charge in [-0.15, -0.1) is 0 Å². The van der Waals surface area contributed by atoms with Crippen molar-refractivity contribution in [2.45, 2.75) is 166 Å². The van der Waals surface area contributed by atoms with Gasteiger partial charge in [-0.25, -0.2) is 4.79 Å². The van der Waals surface area contributed by atoms with Crippen molar-refractivity contribution >= 4 is 17.7 Å². The van der Waals surface area contributed by atoms with E-state index in [4.69, 9.17) is 18.9 Å². The van der Waals surface area contributed by atoms with Gasteiger partial charge >= 0.3 is 11.9 Å². The first-order valence-electron chi connectivity index (χ1n) is 20.9. The predicted molar refractivity (Wildman–Crippen MR) is 202 cm³/mol. The molecule has 0 radical (unpaired) electrons. The SMILES string of the molecule is C[C@@]1(C(=O)O)CC(=O)C=C2CC[C@]3(C)C(=C2C1)[C@@H](O)C[C@@H]1[C@@]2(C)CC[C@H](O[C@@H]4O[C@H](C(=O)O)[C@@H](O)[C@H](O)[C@H]4O[C@@H]4O[C@H](CO)[C@@H](O)[C@H](O)[C@H]4O)[C@](C)(CO)[C@@H]2CC[C@]13C. The summed E-state index contributed by atoms with van der Waals surface area (Å²) in [6, 6.07) is 0. The molecule has 332 valence electrons. The van der Waals surface area contributed by atoms with Crippen LogP contribution in [0.5, 0.6) is 0 Å². The van der Waals surface area contributed by atoms with Crippen LogP contribution >= 0.6 is 0 Å². The van der Waals surface area contributed by atoms with E-state index in [2.05, 4.69) is 20.8 Å². The van der Waals surface area contributed by atoms with Crippen molar-refractivity contribution in [3.63, 3.8) is 0 Å². The molecule has 0 spiro atoms. The minimum Gasteiger partial charge on any atom is -0.481 e. The quantitative estimate of drug-likeness (QED) is 0.146. The van der Waals surface area contributed by atoms with Crippen molar-refractivity contribution in [2.75, 3.05) is 13.2 Å². The second kappa shape index (κ2) is 15.4. The number of allylic oxidation sites excluding steroid dienone is 3. The van der Waals surface area contributed by atoms with Gasteiger partial charge in [0.05, 0.1) is 30.8 Å². The second-order valence-electron chi connectivity index (χ2n) is 19.8. The predicted octanol–water partition coefficient (Wildman–Crippen LogP) is 0.161. The van der Waals surface area contributed by atoms with E-state index in [1.165, 1.54) is 0 Å². The van der Waals surface area contributed by atoms with Crippen LogP contribution in [0, 0.1) is 38.9 Å². The maximum atomic E-state index is 13.0. The molecule has 5 fully saturated rings. The number of carboxylic acids is 2. The molecule has 7 rings (SSSR count). The Morgan fingerprint density at radius 2 is 1.49 bits per heavy atom. The standard InChI is InChI=1S/C42H62O17/c1-38(37(54)55)14-19(45)12-18-6-10-42(5)26(20(18)15-38)21(46)13-24-39(2)9-8-25(40(3,17-44)23(39)7-11-41(24,42)4)57-36-33(30(50)29(49)32(58-36)34(52)53)59-35-31(51)28(48)27(47)22(16-43)56-35/h12,21-25,27-33,35-36,43-44,46-51H,6-11,13-17H2,1-5H3,(H,52,53)(H,54,55)/t21-,22+,23+,24+,25-,27+,28-,29-,30-,31+,32-,33+,35-,36+,38+,39-,40+,41+,42+/m0/s1. The van der Waals surface area contributed by atoms with Crippen LogP contribution in [-0.2, 0) is 33.3 Å². The highest BCUT2D eigenvalue weighted by atomic mass is 16.8. The summed E-state index contributed by atoms with van der Waals surface area (Å²) in [5.74, 6) is -3.18. The fraction of sp³-hybridized carbons (Fsp3) is 0.833. The summed E-state index contributed by atoms with van der Waals surface area (Å²) in [7, 11) is 0. The van der Waals surface area contributed by atoms with Crippen molar-refractivity contribution in [2.24, 2.45) is 38.9 Å². The Kier molecular flexibility index (Phi) is 11.7. The van der Waals surface area contributed by atoms with Gasteiger partial charge in [-0.3, -0.25) is 9.59 Å². The number of aliphatic carboxylic acids is 2. The average Bonchev–Trinajstić information content (AvgIpc) is 3.31. The zero-order chi connectivity index (χ0) is 43.4. The van der Waals surface area contributed by atoms with E-state index in [1.54, 1.807) is 13.0 Å². The van der Waals surface area contributed by atoms with Gasteiger partial charge in [0, 0.05) is 11.8 Å². The average molecular weight is 839 g/mol. The van der Waals surface area contributed by atoms with Crippen LogP contribution in [0.25, 0.3) is 0 Å². The highest BCUT2D eigenvalue weighted by Gasteiger charge is 2.69. The van der Waals surface area contributed by atoms with Gasteiger partial charge in [0.2, 0.25) is 0 Å². The minimum atomic E-state index is -2.03. The summed E-state index contributed by atoms with van der Waals surface area (Å²) < 4.78 is 23.7. The summed E-state index contributed by atoms with van der Waals surface area (Å²) in [5.41, 5.74) is -1.31. The first-order chi connectivity index (χ1) is 27.5. The number of carbonyl (C=O) groups is 3. The molecular formula is C42H62O17. The number of carbonyl (C=O) groups excluding carboxylic acids is 1. The molecule has 0 unspecified atom stereocenters. The molecule has 0 bridgehead atoms. The summed E-state index contributed by atoms with van der Waals surface area (Å²) in [6.45, 7) is 8.94. The smallest absolute Gasteiger partial charge is 0.335 e. The van der Waals surface area contributed by atoms with Gasteiger partial charge in [-0.2, -0.15) is 0 Å². The number of carboxylic acid groups (broad SMARTS) is 2. The van der Waals surface area contributed by atoms with Gasteiger partial charge in [0.25, 0.3) is 0 Å². The Labute approximate surface area is 342 Å². The van der Waals surface area contributed by atoms with E-state index in [1.807, 2.05) is 6.92 Å². The molecule has 0 aromatic rings. The van der Waals surface area contributed by atoms with Gasteiger partial charge in [-0.05, 0) is 109 Å². The molecule has 5 aliphatic carbocycles. The first-order valence-corrected chi connectivity index (χ1v) is 20.9. The monoisotopic (exact) mass is 838 g/mol. The number of aliphatic hydroxyl groups is 8. The number of ketones is 1. The van der Waals surface area contributed by atoms with Crippen LogP contribution in [-0.4, -0.2) is 156 Å². The lowest BCUT2D eigenvalue weighted by atomic mass is 9.34. The number of fused-ring (bicyclic) bond motifs is 6. The normalized spacial score (nSPS) is 51.3. The van der Waals surface area contributed by atoms with Gasteiger partial charge < -0.3 is 70.0 Å². The molecule has 3 saturated carbocycles. The molecule has 2 aliphatic heterocycles. The maximum absolute atomic E-state index is 13.0. The van der Waals surface area contributed by atoms with Crippen LogP contribution < -0.4 is 0 Å². The lowest BCUT2D eigenvalue weighted by Gasteiger charge is -2.71. The van der Waals surface area contributed by atoms with Crippen molar-refractivity contribution in [3.8, 4) is 0 Å². The topological polar surface area (TPSA) is 290 Å². The Bertz CT molecular complexity index is 1750. The summed E-state index contributed by atoms with van der Waals surface area (Å²) in [4.78, 5) is 37.7. The van der Waals surface area contributed by atoms with Gasteiger partial charge in [0.1, 0.15) is 42.7 Å². The molecule has 0 aromatic heterocycles. The molecule has 59 heavy (non-hydrogen) atoms. The van der Waals surface area contributed by atoms with Gasteiger partial charge in [0.15, 0.2) is 24.5 Å². The van der Waals surface area contributed by atoms with E-state index in [9.17, 15) is 65.4 Å². The van der Waals surface area contributed by atoms with Crippen LogP contribution in [0.1, 0.15) is 92.4 Å². The minimum absolute atomic E-state index is 0.0738. The van der Waals surface area contributed by atoms with E-state index in [0.717, 1.165) is 16.7 Å².